The van der Waals surface area contributed by atoms with Crippen LogP contribution in [0.15, 0.2) is 24.3 Å². The number of hydrogen-bond donors (Lipinski definition) is 1. The molecule has 0 unspecified atom stereocenters. The van der Waals surface area contributed by atoms with Crippen LogP contribution in [-0.4, -0.2) is 48.7 Å². The molecule has 0 saturated carbocycles. The highest BCUT2D eigenvalue weighted by Gasteiger charge is 2.56. The Bertz CT molecular complexity index is 560. The molecule has 2 aliphatic heterocycles. The molecule has 5 atom stereocenters. The Morgan fingerprint density at radius 2 is 2.00 bits per heavy atom. The van der Waals surface area contributed by atoms with Crippen LogP contribution in [0.2, 0.25) is 0 Å². The zero-order valence-corrected chi connectivity index (χ0v) is 14.6. The molecule has 2 heterocycles. The van der Waals surface area contributed by atoms with Gasteiger partial charge in [-0.25, -0.2) is 0 Å². The van der Waals surface area contributed by atoms with Crippen LogP contribution in [0.5, 0.6) is 5.75 Å². The summed E-state index contributed by atoms with van der Waals surface area (Å²) in [6.45, 7) is 5.94. The summed E-state index contributed by atoms with van der Waals surface area (Å²) in [5, 5.41) is 10.3. The molecule has 1 aromatic carbocycles. The Kier molecular flexibility index (Phi) is 5.13. The standard InChI is InChI=1S/C18H26O6/c1-5-12(19)14-15(16-17(22-14)24-18(2,3)23-16)21-10-11-8-6-7-9-13(11)20-4/h6-9,12,14-17,19H,5,10H2,1-4H3/t12-,14-,15+,16-,17-/m1/s1. The van der Waals surface area contributed by atoms with Crippen LogP contribution >= 0.6 is 0 Å². The van der Waals surface area contributed by atoms with Gasteiger partial charge in [-0.1, -0.05) is 25.1 Å². The van der Waals surface area contributed by atoms with Gasteiger partial charge in [0.1, 0.15) is 24.1 Å². The zero-order valence-electron chi connectivity index (χ0n) is 14.6. The van der Waals surface area contributed by atoms with E-state index in [1.165, 1.54) is 0 Å². The molecule has 6 heteroatoms. The number of para-hydroxylation sites is 1. The first-order valence-corrected chi connectivity index (χ1v) is 8.38. The summed E-state index contributed by atoms with van der Waals surface area (Å²) < 4.78 is 29.0. The van der Waals surface area contributed by atoms with Gasteiger partial charge in [-0.05, 0) is 26.3 Å². The van der Waals surface area contributed by atoms with Gasteiger partial charge in [0.25, 0.3) is 0 Å². The zero-order chi connectivity index (χ0) is 17.3. The summed E-state index contributed by atoms with van der Waals surface area (Å²) in [7, 11) is 1.63. The molecular weight excluding hydrogens is 312 g/mol. The maximum Gasteiger partial charge on any atom is 0.190 e. The highest BCUT2D eigenvalue weighted by Crippen LogP contribution is 2.40. The van der Waals surface area contributed by atoms with Crippen LogP contribution < -0.4 is 4.74 Å². The van der Waals surface area contributed by atoms with E-state index in [1.807, 2.05) is 45.0 Å². The fraction of sp³-hybridized carbons (Fsp3) is 0.667. The maximum absolute atomic E-state index is 10.3. The summed E-state index contributed by atoms with van der Waals surface area (Å²) in [6.07, 6.45) is -1.82. The molecule has 0 bridgehead atoms. The number of aliphatic hydroxyl groups excluding tert-OH is 1. The van der Waals surface area contributed by atoms with Crippen molar-refractivity contribution in [1.82, 2.24) is 0 Å². The van der Waals surface area contributed by atoms with E-state index < -0.39 is 30.4 Å². The molecule has 24 heavy (non-hydrogen) atoms. The second kappa shape index (κ2) is 6.98. The molecule has 1 N–H and O–H groups in total. The molecule has 6 nitrogen and oxygen atoms in total. The van der Waals surface area contributed by atoms with Crippen molar-refractivity contribution < 1.29 is 28.8 Å². The Balaban J connectivity index is 1.74. The van der Waals surface area contributed by atoms with Crippen LogP contribution in [0.25, 0.3) is 0 Å². The molecule has 134 valence electrons. The average molecular weight is 338 g/mol. The van der Waals surface area contributed by atoms with Gasteiger partial charge >= 0.3 is 0 Å². The number of benzene rings is 1. The summed E-state index contributed by atoms with van der Waals surface area (Å²) in [6, 6.07) is 7.69. The van der Waals surface area contributed by atoms with E-state index in [4.69, 9.17) is 23.7 Å². The van der Waals surface area contributed by atoms with Crippen LogP contribution in [0.1, 0.15) is 32.8 Å². The van der Waals surface area contributed by atoms with Gasteiger partial charge in [0.15, 0.2) is 12.1 Å². The van der Waals surface area contributed by atoms with Gasteiger partial charge in [0.05, 0.1) is 19.8 Å². The second-order valence-corrected chi connectivity index (χ2v) is 6.63. The summed E-state index contributed by atoms with van der Waals surface area (Å²) in [5.74, 6) is 0.0493. The van der Waals surface area contributed by atoms with E-state index >= 15 is 0 Å². The molecule has 0 aromatic heterocycles. The van der Waals surface area contributed by atoms with Crippen molar-refractivity contribution in [3.63, 3.8) is 0 Å². The Hall–Kier alpha value is -1.18. The van der Waals surface area contributed by atoms with Crippen LogP contribution in [0, 0.1) is 0 Å². The minimum Gasteiger partial charge on any atom is -0.496 e. The molecule has 0 radical (unpaired) electrons. The Morgan fingerprint density at radius 3 is 2.71 bits per heavy atom. The van der Waals surface area contributed by atoms with E-state index in [2.05, 4.69) is 0 Å². The van der Waals surface area contributed by atoms with E-state index in [0.717, 1.165) is 11.3 Å². The summed E-state index contributed by atoms with van der Waals surface area (Å²) in [5.41, 5.74) is 0.936. The fourth-order valence-corrected chi connectivity index (χ4v) is 3.24. The highest BCUT2D eigenvalue weighted by atomic mass is 16.8. The van der Waals surface area contributed by atoms with Crippen molar-refractivity contribution in [2.24, 2.45) is 0 Å². The molecule has 0 spiro atoms. The van der Waals surface area contributed by atoms with Gasteiger partial charge < -0.3 is 28.8 Å². The molecule has 3 rings (SSSR count). The normalized spacial score (nSPS) is 32.5. The lowest BCUT2D eigenvalue weighted by molar-refractivity contribution is -0.230. The van der Waals surface area contributed by atoms with Gasteiger partial charge in [-0.15, -0.1) is 0 Å². The number of aliphatic hydroxyl groups is 1. The first-order chi connectivity index (χ1) is 11.4. The van der Waals surface area contributed by atoms with E-state index in [9.17, 15) is 5.11 Å². The summed E-state index contributed by atoms with van der Waals surface area (Å²) >= 11 is 0. The number of hydrogen-bond acceptors (Lipinski definition) is 6. The number of methoxy groups -OCH3 is 1. The maximum atomic E-state index is 10.3. The third kappa shape index (κ3) is 3.43. The van der Waals surface area contributed by atoms with Crippen LogP contribution in [0.4, 0.5) is 0 Å². The molecule has 0 aliphatic carbocycles. The van der Waals surface area contributed by atoms with E-state index in [0.29, 0.717) is 13.0 Å². The number of rotatable bonds is 6. The van der Waals surface area contributed by atoms with Crippen molar-refractivity contribution >= 4 is 0 Å². The lowest BCUT2D eigenvalue weighted by Crippen LogP contribution is -2.42. The summed E-state index contributed by atoms with van der Waals surface area (Å²) in [4.78, 5) is 0. The van der Waals surface area contributed by atoms with E-state index in [-0.39, 0.29) is 6.10 Å². The topological polar surface area (TPSA) is 66.4 Å². The van der Waals surface area contributed by atoms with Gasteiger partial charge in [0, 0.05) is 5.56 Å². The number of fused-ring (bicyclic) bond motifs is 1. The van der Waals surface area contributed by atoms with Gasteiger partial charge in [0.2, 0.25) is 0 Å². The smallest absolute Gasteiger partial charge is 0.190 e. The van der Waals surface area contributed by atoms with Crippen LogP contribution in [-0.2, 0) is 25.6 Å². The fourth-order valence-electron chi connectivity index (χ4n) is 3.24. The second-order valence-electron chi connectivity index (χ2n) is 6.63. The largest absolute Gasteiger partial charge is 0.496 e. The monoisotopic (exact) mass is 338 g/mol. The van der Waals surface area contributed by atoms with Crippen molar-refractivity contribution in [2.75, 3.05) is 7.11 Å². The molecular formula is C18H26O6. The number of ether oxygens (including phenoxy) is 5. The molecule has 0 amide bonds. The minimum absolute atomic E-state index is 0.345. The first-order valence-electron chi connectivity index (χ1n) is 8.38. The molecule has 2 fully saturated rings. The Labute approximate surface area is 142 Å². The van der Waals surface area contributed by atoms with Crippen molar-refractivity contribution in [3.05, 3.63) is 29.8 Å². The van der Waals surface area contributed by atoms with Gasteiger partial charge in [-0.2, -0.15) is 0 Å². The van der Waals surface area contributed by atoms with Crippen molar-refractivity contribution in [1.29, 1.82) is 0 Å². The lowest BCUT2D eigenvalue weighted by Gasteiger charge is -2.28. The van der Waals surface area contributed by atoms with Gasteiger partial charge in [-0.3, -0.25) is 0 Å². The first kappa shape index (κ1) is 17.6. The molecule has 1 aromatic rings. The SMILES string of the molecule is CC[C@@H](O)[C@H]1O[C@@H]2OC(C)(C)O[C@@H]2[C@H]1OCc1ccccc1OC. The highest BCUT2D eigenvalue weighted by molar-refractivity contribution is 5.32. The minimum atomic E-state index is -0.719. The van der Waals surface area contributed by atoms with E-state index in [1.54, 1.807) is 7.11 Å². The predicted molar refractivity (Wildman–Crippen MR) is 86.6 cm³/mol. The predicted octanol–water partition coefficient (Wildman–Crippen LogP) is 2.23. The average Bonchev–Trinajstić information content (AvgIpc) is 3.04. The third-order valence-electron chi connectivity index (χ3n) is 4.45. The van der Waals surface area contributed by atoms with Crippen LogP contribution in [0.3, 0.4) is 0 Å². The third-order valence-corrected chi connectivity index (χ3v) is 4.45. The lowest BCUT2D eigenvalue weighted by atomic mass is 10.0. The van der Waals surface area contributed by atoms with Crippen molar-refractivity contribution in [2.45, 2.75) is 70.3 Å². The quantitative estimate of drug-likeness (QED) is 0.858. The van der Waals surface area contributed by atoms with Crippen molar-refractivity contribution in [3.8, 4) is 5.75 Å². The molecule has 2 aliphatic rings. The Morgan fingerprint density at radius 1 is 1.25 bits per heavy atom. The molecule has 2 saturated heterocycles.